The second-order valence-electron chi connectivity index (χ2n) is 3.22. The first-order valence-corrected chi connectivity index (χ1v) is 4.69. The van der Waals surface area contributed by atoms with Crippen molar-refractivity contribution in [1.29, 1.82) is 0 Å². The standard InChI is InChI=1S/C11H11NO4/c13-11(14)6-5-9-1-3-10(4-2-9)7-8-12(15)16/h1-6H,7-8H2,(H,13,14). The maximum absolute atomic E-state index is 10.3. The molecule has 0 spiro atoms. The summed E-state index contributed by atoms with van der Waals surface area (Å²) in [6, 6.07) is 6.97. The molecular weight excluding hydrogens is 210 g/mol. The zero-order chi connectivity index (χ0) is 12.0. The van der Waals surface area contributed by atoms with Gasteiger partial charge < -0.3 is 5.11 Å². The van der Waals surface area contributed by atoms with E-state index in [1.54, 1.807) is 24.3 Å². The van der Waals surface area contributed by atoms with E-state index in [0.717, 1.165) is 17.2 Å². The van der Waals surface area contributed by atoms with Gasteiger partial charge in [-0.15, -0.1) is 0 Å². The molecule has 0 aliphatic carbocycles. The minimum Gasteiger partial charge on any atom is -0.478 e. The molecule has 0 amide bonds. The van der Waals surface area contributed by atoms with Crippen molar-refractivity contribution in [2.45, 2.75) is 6.42 Å². The predicted molar refractivity (Wildman–Crippen MR) is 58.7 cm³/mol. The second-order valence-corrected chi connectivity index (χ2v) is 3.22. The molecule has 0 aromatic heterocycles. The monoisotopic (exact) mass is 221 g/mol. The molecule has 0 aliphatic rings. The molecule has 0 fully saturated rings. The van der Waals surface area contributed by atoms with Crippen LogP contribution in [-0.2, 0) is 11.2 Å². The third kappa shape index (κ3) is 4.36. The Morgan fingerprint density at radius 3 is 2.50 bits per heavy atom. The van der Waals surface area contributed by atoms with Crippen molar-refractivity contribution in [3.63, 3.8) is 0 Å². The average molecular weight is 221 g/mol. The summed E-state index contributed by atoms with van der Waals surface area (Å²) in [5.74, 6) is -1.00. The molecule has 0 unspecified atom stereocenters. The summed E-state index contributed by atoms with van der Waals surface area (Å²) < 4.78 is 0. The first-order valence-electron chi connectivity index (χ1n) is 4.69. The van der Waals surface area contributed by atoms with Crippen molar-refractivity contribution in [3.8, 4) is 0 Å². The van der Waals surface area contributed by atoms with E-state index in [1.165, 1.54) is 6.08 Å². The molecule has 0 heterocycles. The zero-order valence-corrected chi connectivity index (χ0v) is 8.50. The van der Waals surface area contributed by atoms with E-state index < -0.39 is 5.97 Å². The van der Waals surface area contributed by atoms with Crippen molar-refractivity contribution in [1.82, 2.24) is 0 Å². The number of carbonyl (C=O) groups is 1. The lowest BCUT2D eigenvalue weighted by atomic mass is 10.1. The van der Waals surface area contributed by atoms with E-state index in [9.17, 15) is 14.9 Å². The molecule has 1 aromatic carbocycles. The third-order valence-corrected chi connectivity index (χ3v) is 1.98. The molecule has 0 atom stereocenters. The smallest absolute Gasteiger partial charge is 0.328 e. The Morgan fingerprint density at radius 1 is 1.38 bits per heavy atom. The normalized spacial score (nSPS) is 10.5. The van der Waals surface area contributed by atoms with Gasteiger partial charge in [-0.25, -0.2) is 4.79 Å². The molecule has 1 rings (SSSR count). The number of aliphatic carboxylic acids is 1. The Balaban J connectivity index is 2.60. The highest BCUT2D eigenvalue weighted by molar-refractivity contribution is 5.85. The SMILES string of the molecule is O=C(O)C=Cc1ccc(CC[N+](=O)[O-])cc1. The number of hydrogen-bond donors (Lipinski definition) is 1. The molecular formula is C11H11NO4. The van der Waals surface area contributed by atoms with Crippen LogP contribution in [0.2, 0.25) is 0 Å². The second kappa shape index (κ2) is 5.65. The zero-order valence-electron chi connectivity index (χ0n) is 8.50. The molecule has 0 saturated carbocycles. The van der Waals surface area contributed by atoms with Gasteiger partial charge in [-0.05, 0) is 17.2 Å². The molecule has 0 bridgehead atoms. The predicted octanol–water partition coefficient (Wildman–Crippen LogP) is 1.60. The Hall–Kier alpha value is -2.17. The van der Waals surface area contributed by atoms with E-state index in [4.69, 9.17) is 5.11 Å². The largest absolute Gasteiger partial charge is 0.478 e. The number of rotatable bonds is 5. The van der Waals surface area contributed by atoms with Crippen molar-refractivity contribution >= 4 is 12.0 Å². The Labute approximate surface area is 92.2 Å². The summed E-state index contributed by atoms with van der Waals surface area (Å²) in [5.41, 5.74) is 1.62. The van der Waals surface area contributed by atoms with Gasteiger partial charge in [-0.1, -0.05) is 24.3 Å². The fourth-order valence-electron chi connectivity index (χ4n) is 1.18. The van der Waals surface area contributed by atoms with Gasteiger partial charge in [0, 0.05) is 17.4 Å². The van der Waals surface area contributed by atoms with Crippen molar-refractivity contribution in [3.05, 3.63) is 51.6 Å². The summed E-state index contributed by atoms with van der Waals surface area (Å²) in [5, 5.41) is 18.6. The van der Waals surface area contributed by atoms with Gasteiger partial charge >= 0.3 is 5.97 Å². The van der Waals surface area contributed by atoms with Crippen LogP contribution >= 0.6 is 0 Å². The average Bonchev–Trinajstić information content (AvgIpc) is 2.25. The molecule has 5 heteroatoms. The fraction of sp³-hybridized carbons (Fsp3) is 0.182. The van der Waals surface area contributed by atoms with Crippen LogP contribution in [0.5, 0.6) is 0 Å². The van der Waals surface area contributed by atoms with Crippen LogP contribution in [0.1, 0.15) is 11.1 Å². The summed E-state index contributed by atoms with van der Waals surface area (Å²) in [4.78, 5) is 20.0. The van der Waals surface area contributed by atoms with E-state index in [2.05, 4.69) is 0 Å². The number of nitro groups is 1. The lowest BCUT2D eigenvalue weighted by Gasteiger charge is -1.98. The van der Waals surface area contributed by atoms with Crippen LogP contribution in [0.25, 0.3) is 6.08 Å². The lowest BCUT2D eigenvalue weighted by molar-refractivity contribution is -0.479. The van der Waals surface area contributed by atoms with Crippen LogP contribution in [0.3, 0.4) is 0 Å². The van der Waals surface area contributed by atoms with Crippen molar-refractivity contribution in [2.75, 3.05) is 6.54 Å². The lowest BCUT2D eigenvalue weighted by Crippen LogP contribution is -2.03. The van der Waals surface area contributed by atoms with Gasteiger partial charge in [0.1, 0.15) is 0 Å². The van der Waals surface area contributed by atoms with Gasteiger partial charge in [0.2, 0.25) is 6.54 Å². The van der Waals surface area contributed by atoms with Gasteiger partial charge in [0.25, 0.3) is 0 Å². The molecule has 1 N–H and O–H groups in total. The number of hydrogen-bond acceptors (Lipinski definition) is 3. The van der Waals surface area contributed by atoms with E-state index in [0.29, 0.717) is 6.42 Å². The Bertz CT molecular complexity index is 408. The minimum atomic E-state index is -1.00. The highest BCUT2D eigenvalue weighted by Gasteiger charge is 1.99. The maximum Gasteiger partial charge on any atom is 0.328 e. The highest BCUT2D eigenvalue weighted by atomic mass is 16.6. The van der Waals surface area contributed by atoms with Gasteiger partial charge in [0.05, 0.1) is 0 Å². The minimum absolute atomic E-state index is 0.0929. The van der Waals surface area contributed by atoms with E-state index >= 15 is 0 Å². The third-order valence-electron chi connectivity index (χ3n) is 1.98. The molecule has 0 radical (unpaired) electrons. The number of carboxylic acids is 1. The van der Waals surface area contributed by atoms with Crippen molar-refractivity contribution in [2.24, 2.45) is 0 Å². The Morgan fingerprint density at radius 2 is 2.00 bits per heavy atom. The fourth-order valence-corrected chi connectivity index (χ4v) is 1.18. The van der Waals surface area contributed by atoms with Gasteiger partial charge in [-0.3, -0.25) is 10.1 Å². The van der Waals surface area contributed by atoms with Crippen LogP contribution in [0.4, 0.5) is 0 Å². The molecule has 0 saturated heterocycles. The Kier molecular flexibility index (Phi) is 4.20. The highest BCUT2D eigenvalue weighted by Crippen LogP contribution is 2.06. The first kappa shape index (κ1) is 11.9. The number of carboxylic acid groups (broad SMARTS) is 1. The molecule has 1 aromatic rings. The van der Waals surface area contributed by atoms with E-state index in [-0.39, 0.29) is 11.5 Å². The molecule has 0 aliphatic heterocycles. The summed E-state index contributed by atoms with van der Waals surface area (Å²) in [6.07, 6.45) is 2.90. The quantitative estimate of drug-likeness (QED) is 0.465. The molecule has 84 valence electrons. The number of benzene rings is 1. The topological polar surface area (TPSA) is 80.4 Å². The van der Waals surface area contributed by atoms with Crippen LogP contribution in [0.15, 0.2) is 30.3 Å². The van der Waals surface area contributed by atoms with Crippen LogP contribution < -0.4 is 0 Å². The summed E-state index contributed by atoms with van der Waals surface area (Å²) in [7, 11) is 0. The van der Waals surface area contributed by atoms with Gasteiger partial charge in [0.15, 0.2) is 0 Å². The van der Waals surface area contributed by atoms with E-state index in [1.807, 2.05) is 0 Å². The van der Waals surface area contributed by atoms with Crippen LogP contribution in [-0.4, -0.2) is 22.5 Å². The summed E-state index contributed by atoms with van der Waals surface area (Å²) >= 11 is 0. The maximum atomic E-state index is 10.3. The first-order chi connectivity index (χ1) is 7.58. The van der Waals surface area contributed by atoms with Crippen molar-refractivity contribution < 1.29 is 14.8 Å². The van der Waals surface area contributed by atoms with Gasteiger partial charge in [-0.2, -0.15) is 0 Å². The molecule has 16 heavy (non-hydrogen) atoms. The summed E-state index contributed by atoms with van der Waals surface area (Å²) in [6.45, 7) is -0.0929. The van der Waals surface area contributed by atoms with Crippen LogP contribution in [0, 0.1) is 10.1 Å². The molecule has 5 nitrogen and oxygen atoms in total. The number of nitrogens with zero attached hydrogens (tertiary/aromatic N) is 1.